The molecule has 0 heterocycles. The van der Waals surface area contributed by atoms with E-state index in [1.165, 1.54) is 0 Å². The number of ether oxygens (including phenoxy) is 2. The van der Waals surface area contributed by atoms with Gasteiger partial charge in [-0.15, -0.1) is 0 Å². The van der Waals surface area contributed by atoms with Gasteiger partial charge in [0, 0.05) is 66.5 Å². The fourth-order valence-corrected chi connectivity index (χ4v) is 2.67. The van der Waals surface area contributed by atoms with Crippen LogP contribution >= 0.6 is 0 Å². The van der Waals surface area contributed by atoms with E-state index in [0.717, 1.165) is 36.8 Å². The molecule has 0 bridgehead atoms. The standard InChI is InChI=1S/C22H40N2O4/c1-19(2)17-23(21(5)25)11-9-15-27-13-7-8-14-28-16-10-12-24(22(6)26)18-20(3)4/h1,3,7-18H2,2,4-6H3. The van der Waals surface area contributed by atoms with Crippen LogP contribution in [0, 0.1) is 0 Å². The molecule has 6 heteroatoms. The van der Waals surface area contributed by atoms with Crippen molar-refractivity contribution in [3.63, 3.8) is 0 Å². The Morgan fingerprint density at radius 2 is 0.964 bits per heavy atom. The summed E-state index contributed by atoms with van der Waals surface area (Å²) < 4.78 is 11.2. The van der Waals surface area contributed by atoms with Crippen molar-refractivity contribution in [2.45, 2.75) is 53.4 Å². The number of unbranched alkanes of at least 4 members (excludes halogenated alkanes) is 1. The second-order valence-electron chi connectivity index (χ2n) is 7.43. The molecule has 0 N–H and O–H groups in total. The number of hydrogen-bond donors (Lipinski definition) is 0. The van der Waals surface area contributed by atoms with Gasteiger partial charge in [-0.2, -0.15) is 0 Å². The van der Waals surface area contributed by atoms with Gasteiger partial charge in [0.2, 0.25) is 11.8 Å². The van der Waals surface area contributed by atoms with Gasteiger partial charge < -0.3 is 19.3 Å². The molecule has 0 spiro atoms. The normalized spacial score (nSPS) is 10.6. The molecule has 0 unspecified atom stereocenters. The van der Waals surface area contributed by atoms with Crippen molar-refractivity contribution in [1.82, 2.24) is 9.80 Å². The maximum Gasteiger partial charge on any atom is 0.219 e. The Balaban J connectivity index is 3.55. The minimum Gasteiger partial charge on any atom is -0.381 e. The maximum atomic E-state index is 11.5. The van der Waals surface area contributed by atoms with Crippen LogP contribution in [0.4, 0.5) is 0 Å². The van der Waals surface area contributed by atoms with Crippen LogP contribution in [0.1, 0.15) is 53.4 Å². The molecule has 162 valence electrons. The summed E-state index contributed by atoms with van der Waals surface area (Å²) in [6.07, 6.45) is 3.58. The molecule has 0 rings (SSSR count). The van der Waals surface area contributed by atoms with Crippen molar-refractivity contribution >= 4 is 11.8 Å². The Morgan fingerprint density at radius 1 is 0.643 bits per heavy atom. The summed E-state index contributed by atoms with van der Waals surface area (Å²) in [5, 5.41) is 0. The van der Waals surface area contributed by atoms with Crippen LogP contribution in [-0.4, -0.2) is 74.2 Å². The Kier molecular flexibility index (Phi) is 15.3. The molecule has 0 fully saturated rings. The van der Waals surface area contributed by atoms with Gasteiger partial charge in [0.15, 0.2) is 0 Å². The van der Waals surface area contributed by atoms with Crippen molar-refractivity contribution in [3.05, 3.63) is 24.3 Å². The second kappa shape index (κ2) is 16.3. The lowest BCUT2D eigenvalue weighted by Gasteiger charge is -2.21. The molecular formula is C22H40N2O4. The van der Waals surface area contributed by atoms with Gasteiger partial charge in [0.25, 0.3) is 0 Å². The Labute approximate surface area is 171 Å². The van der Waals surface area contributed by atoms with Crippen LogP contribution in [-0.2, 0) is 19.1 Å². The molecule has 2 amide bonds. The number of nitrogens with zero attached hydrogens (tertiary/aromatic N) is 2. The van der Waals surface area contributed by atoms with E-state index in [9.17, 15) is 9.59 Å². The molecular weight excluding hydrogens is 356 g/mol. The van der Waals surface area contributed by atoms with E-state index in [2.05, 4.69) is 13.2 Å². The average molecular weight is 397 g/mol. The fraction of sp³-hybridized carbons (Fsp3) is 0.727. The molecule has 0 atom stereocenters. The molecule has 0 aromatic rings. The predicted octanol–water partition coefficient (Wildman–Crippen LogP) is 3.43. The summed E-state index contributed by atoms with van der Waals surface area (Å²) in [6, 6.07) is 0. The van der Waals surface area contributed by atoms with Crippen LogP contribution in [0.3, 0.4) is 0 Å². The highest BCUT2D eigenvalue weighted by molar-refractivity contribution is 5.73. The number of hydrogen-bond acceptors (Lipinski definition) is 4. The highest BCUT2D eigenvalue weighted by Crippen LogP contribution is 2.01. The second-order valence-corrected chi connectivity index (χ2v) is 7.43. The Hall–Kier alpha value is -1.66. The summed E-state index contributed by atoms with van der Waals surface area (Å²) in [6.45, 7) is 20.1. The lowest BCUT2D eigenvalue weighted by atomic mass is 10.3. The minimum atomic E-state index is 0.0752. The minimum absolute atomic E-state index is 0.0752. The van der Waals surface area contributed by atoms with E-state index in [4.69, 9.17) is 9.47 Å². The first-order valence-corrected chi connectivity index (χ1v) is 10.2. The first-order valence-electron chi connectivity index (χ1n) is 10.2. The van der Waals surface area contributed by atoms with E-state index >= 15 is 0 Å². The molecule has 6 nitrogen and oxygen atoms in total. The lowest BCUT2D eigenvalue weighted by Crippen LogP contribution is -2.31. The third-order valence-electron chi connectivity index (χ3n) is 4.07. The van der Waals surface area contributed by atoms with E-state index < -0.39 is 0 Å². The highest BCUT2D eigenvalue weighted by atomic mass is 16.5. The molecule has 0 aromatic carbocycles. The molecule has 0 saturated carbocycles. The highest BCUT2D eigenvalue weighted by Gasteiger charge is 2.08. The van der Waals surface area contributed by atoms with Crippen molar-refractivity contribution < 1.29 is 19.1 Å². The summed E-state index contributed by atoms with van der Waals surface area (Å²) in [4.78, 5) is 26.6. The summed E-state index contributed by atoms with van der Waals surface area (Å²) in [5.41, 5.74) is 1.97. The molecule has 0 radical (unpaired) electrons. The monoisotopic (exact) mass is 396 g/mol. The molecule has 28 heavy (non-hydrogen) atoms. The van der Waals surface area contributed by atoms with Gasteiger partial charge in [-0.05, 0) is 39.5 Å². The largest absolute Gasteiger partial charge is 0.381 e. The quantitative estimate of drug-likeness (QED) is 0.279. The SMILES string of the molecule is C=C(C)CN(CCCOCCCCOCCCN(CC(=C)C)C(C)=O)C(C)=O. The van der Waals surface area contributed by atoms with Crippen LogP contribution < -0.4 is 0 Å². The van der Waals surface area contributed by atoms with Crippen LogP contribution in [0.5, 0.6) is 0 Å². The molecule has 0 saturated heterocycles. The Bertz CT molecular complexity index is 447. The van der Waals surface area contributed by atoms with Gasteiger partial charge >= 0.3 is 0 Å². The number of carbonyl (C=O) groups excluding carboxylic acids is 2. The lowest BCUT2D eigenvalue weighted by molar-refractivity contribution is -0.129. The van der Waals surface area contributed by atoms with E-state index in [1.807, 2.05) is 13.8 Å². The van der Waals surface area contributed by atoms with Crippen molar-refractivity contribution in [2.75, 3.05) is 52.6 Å². The van der Waals surface area contributed by atoms with Crippen molar-refractivity contribution in [2.24, 2.45) is 0 Å². The molecule has 0 aromatic heterocycles. The first kappa shape index (κ1) is 26.3. The van der Waals surface area contributed by atoms with Crippen LogP contribution in [0.25, 0.3) is 0 Å². The van der Waals surface area contributed by atoms with Gasteiger partial charge in [0.05, 0.1) is 0 Å². The predicted molar refractivity (Wildman–Crippen MR) is 114 cm³/mol. The third kappa shape index (κ3) is 15.4. The molecule has 0 aliphatic rings. The number of rotatable bonds is 17. The van der Waals surface area contributed by atoms with Gasteiger partial charge in [-0.3, -0.25) is 9.59 Å². The van der Waals surface area contributed by atoms with E-state index in [1.54, 1.807) is 23.6 Å². The van der Waals surface area contributed by atoms with Gasteiger partial charge in [0.1, 0.15) is 0 Å². The van der Waals surface area contributed by atoms with Crippen molar-refractivity contribution in [3.8, 4) is 0 Å². The third-order valence-corrected chi connectivity index (χ3v) is 4.07. The van der Waals surface area contributed by atoms with Crippen LogP contribution in [0.15, 0.2) is 24.3 Å². The Morgan fingerprint density at radius 3 is 1.25 bits per heavy atom. The zero-order valence-electron chi connectivity index (χ0n) is 18.4. The number of amides is 2. The zero-order valence-corrected chi connectivity index (χ0v) is 18.4. The summed E-state index contributed by atoms with van der Waals surface area (Å²) >= 11 is 0. The fourth-order valence-electron chi connectivity index (χ4n) is 2.67. The topological polar surface area (TPSA) is 59.1 Å². The first-order chi connectivity index (χ1) is 13.2. The zero-order chi connectivity index (χ0) is 21.4. The molecule has 0 aliphatic heterocycles. The van der Waals surface area contributed by atoms with Crippen molar-refractivity contribution in [1.29, 1.82) is 0 Å². The van der Waals surface area contributed by atoms with Gasteiger partial charge in [-0.25, -0.2) is 0 Å². The van der Waals surface area contributed by atoms with E-state index in [0.29, 0.717) is 52.6 Å². The summed E-state index contributed by atoms with van der Waals surface area (Å²) in [5.74, 6) is 0.150. The van der Waals surface area contributed by atoms with Gasteiger partial charge in [-0.1, -0.05) is 24.3 Å². The average Bonchev–Trinajstić information content (AvgIpc) is 2.59. The maximum absolute atomic E-state index is 11.5. The summed E-state index contributed by atoms with van der Waals surface area (Å²) in [7, 11) is 0. The number of carbonyl (C=O) groups is 2. The van der Waals surface area contributed by atoms with Crippen LogP contribution in [0.2, 0.25) is 0 Å². The van der Waals surface area contributed by atoms with E-state index in [-0.39, 0.29) is 11.8 Å². The smallest absolute Gasteiger partial charge is 0.219 e. The molecule has 0 aliphatic carbocycles.